The predicted molar refractivity (Wildman–Crippen MR) is 96.7 cm³/mol. The standard InChI is InChI=1S/C19H15F3N2O2S/c20-19(21,22)16-15(27-18(24-16)13-4-2-1-3-5-13)17(26)23-11-10-12-6-8-14(25)9-7-12/h1-9,25H,10-11H2,(H,23,26). The van der Waals surface area contributed by atoms with E-state index in [1.807, 2.05) is 0 Å². The zero-order chi connectivity index (χ0) is 19.4. The molecule has 0 fully saturated rings. The molecule has 0 unspecified atom stereocenters. The normalized spacial score (nSPS) is 11.4. The molecular weight excluding hydrogens is 377 g/mol. The number of alkyl halides is 3. The number of aromatic nitrogens is 1. The van der Waals surface area contributed by atoms with E-state index in [2.05, 4.69) is 10.3 Å². The minimum Gasteiger partial charge on any atom is -0.508 e. The summed E-state index contributed by atoms with van der Waals surface area (Å²) in [5, 5.41) is 11.9. The van der Waals surface area contributed by atoms with Crippen LogP contribution in [0.2, 0.25) is 0 Å². The van der Waals surface area contributed by atoms with Crippen LogP contribution in [0, 0.1) is 0 Å². The van der Waals surface area contributed by atoms with Crippen molar-refractivity contribution in [2.45, 2.75) is 12.6 Å². The maximum absolute atomic E-state index is 13.3. The van der Waals surface area contributed by atoms with Crippen molar-refractivity contribution < 1.29 is 23.1 Å². The highest BCUT2D eigenvalue weighted by molar-refractivity contribution is 7.17. The Morgan fingerprint density at radius 1 is 1.07 bits per heavy atom. The van der Waals surface area contributed by atoms with Crippen LogP contribution in [0.25, 0.3) is 10.6 Å². The van der Waals surface area contributed by atoms with Gasteiger partial charge >= 0.3 is 6.18 Å². The SMILES string of the molecule is O=C(NCCc1ccc(O)cc1)c1sc(-c2ccccc2)nc1C(F)(F)F. The van der Waals surface area contributed by atoms with E-state index in [9.17, 15) is 23.1 Å². The lowest BCUT2D eigenvalue weighted by molar-refractivity contribution is -0.141. The van der Waals surface area contributed by atoms with Gasteiger partial charge in [0.05, 0.1) is 0 Å². The van der Waals surface area contributed by atoms with Crippen LogP contribution >= 0.6 is 11.3 Å². The molecule has 0 aliphatic rings. The van der Waals surface area contributed by atoms with Gasteiger partial charge in [-0.25, -0.2) is 4.98 Å². The van der Waals surface area contributed by atoms with Crippen LogP contribution in [0.3, 0.4) is 0 Å². The van der Waals surface area contributed by atoms with Crippen LogP contribution in [0.1, 0.15) is 20.9 Å². The topological polar surface area (TPSA) is 62.2 Å². The lowest BCUT2D eigenvalue weighted by atomic mass is 10.1. The Morgan fingerprint density at radius 3 is 2.37 bits per heavy atom. The highest BCUT2D eigenvalue weighted by Crippen LogP contribution is 2.37. The van der Waals surface area contributed by atoms with Gasteiger partial charge in [0.15, 0.2) is 5.69 Å². The molecule has 3 rings (SSSR count). The third-order valence-corrected chi connectivity index (χ3v) is 4.86. The molecule has 0 aliphatic heterocycles. The number of nitrogens with one attached hydrogen (secondary N) is 1. The molecule has 0 aliphatic carbocycles. The van der Waals surface area contributed by atoms with Crippen LogP contribution < -0.4 is 5.32 Å². The summed E-state index contributed by atoms with van der Waals surface area (Å²) >= 11 is 0.720. The third-order valence-electron chi connectivity index (χ3n) is 3.76. The first-order chi connectivity index (χ1) is 12.8. The fraction of sp³-hybridized carbons (Fsp3) is 0.158. The number of nitrogens with zero attached hydrogens (tertiary/aromatic N) is 1. The highest BCUT2D eigenvalue weighted by atomic mass is 32.1. The molecule has 1 heterocycles. The summed E-state index contributed by atoms with van der Waals surface area (Å²) in [6.45, 7) is 0.166. The summed E-state index contributed by atoms with van der Waals surface area (Å²) in [6, 6.07) is 14.8. The smallest absolute Gasteiger partial charge is 0.435 e. The molecule has 0 atom stereocenters. The molecule has 0 saturated carbocycles. The molecule has 1 amide bonds. The van der Waals surface area contributed by atoms with E-state index < -0.39 is 22.7 Å². The minimum atomic E-state index is -4.72. The highest BCUT2D eigenvalue weighted by Gasteiger charge is 2.39. The molecule has 2 N–H and O–H groups in total. The van der Waals surface area contributed by atoms with Crippen molar-refractivity contribution in [3.05, 3.63) is 70.7 Å². The summed E-state index contributed by atoms with van der Waals surface area (Å²) < 4.78 is 39.9. The number of thiazole rings is 1. The quantitative estimate of drug-likeness (QED) is 0.672. The minimum absolute atomic E-state index is 0.121. The van der Waals surface area contributed by atoms with Gasteiger partial charge in [-0.05, 0) is 24.1 Å². The maximum Gasteiger partial charge on any atom is 0.435 e. The zero-order valence-corrected chi connectivity index (χ0v) is 14.8. The predicted octanol–water partition coefficient (Wildman–Crippen LogP) is 4.51. The van der Waals surface area contributed by atoms with Crippen LogP contribution in [0.15, 0.2) is 54.6 Å². The van der Waals surface area contributed by atoms with Crippen molar-refractivity contribution in [3.8, 4) is 16.3 Å². The van der Waals surface area contributed by atoms with Gasteiger partial charge in [0.1, 0.15) is 15.6 Å². The van der Waals surface area contributed by atoms with Gasteiger partial charge in [-0.15, -0.1) is 11.3 Å². The molecule has 140 valence electrons. The number of benzene rings is 2. The second-order valence-corrected chi connectivity index (χ2v) is 6.73. The number of hydrogen-bond acceptors (Lipinski definition) is 4. The van der Waals surface area contributed by atoms with Crippen LogP contribution in [-0.4, -0.2) is 22.5 Å². The number of hydrogen-bond donors (Lipinski definition) is 2. The van der Waals surface area contributed by atoms with E-state index in [0.29, 0.717) is 12.0 Å². The van der Waals surface area contributed by atoms with E-state index in [4.69, 9.17) is 0 Å². The Labute approximate surface area is 157 Å². The number of carbonyl (C=O) groups is 1. The van der Waals surface area contributed by atoms with Gasteiger partial charge in [0.2, 0.25) is 0 Å². The van der Waals surface area contributed by atoms with E-state index in [1.54, 1.807) is 42.5 Å². The maximum atomic E-state index is 13.3. The summed E-state index contributed by atoms with van der Waals surface area (Å²) in [6.07, 6.45) is -4.29. The summed E-state index contributed by atoms with van der Waals surface area (Å²) in [4.78, 5) is 15.5. The van der Waals surface area contributed by atoms with E-state index >= 15 is 0 Å². The Morgan fingerprint density at radius 2 is 1.74 bits per heavy atom. The van der Waals surface area contributed by atoms with E-state index in [0.717, 1.165) is 16.9 Å². The van der Waals surface area contributed by atoms with Crippen LogP contribution in [0.4, 0.5) is 13.2 Å². The molecule has 0 radical (unpaired) electrons. The van der Waals surface area contributed by atoms with E-state index in [-0.39, 0.29) is 17.3 Å². The lowest BCUT2D eigenvalue weighted by Crippen LogP contribution is -2.27. The van der Waals surface area contributed by atoms with E-state index in [1.165, 1.54) is 12.1 Å². The molecule has 1 aromatic heterocycles. The van der Waals surface area contributed by atoms with Gasteiger partial charge in [-0.2, -0.15) is 13.2 Å². The second kappa shape index (κ2) is 7.79. The average Bonchev–Trinajstić information content (AvgIpc) is 3.10. The van der Waals surface area contributed by atoms with Gasteiger partial charge < -0.3 is 10.4 Å². The molecule has 0 saturated heterocycles. The Bertz CT molecular complexity index is 922. The number of amides is 1. The fourth-order valence-electron chi connectivity index (χ4n) is 2.43. The average molecular weight is 392 g/mol. The first-order valence-corrected chi connectivity index (χ1v) is 8.86. The number of phenolic OH excluding ortho intramolecular Hbond substituents is 1. The van der Waals surface area contributed by atoms with Crippen molar-refractivity contribution in [2.24, 2.45) is 0 Å². The van der Waals surface area contributed by atoms with Gasteiger partial charge in [-0.1, -0.05) is 42.5 Å². The molecule has 4 nitrogen and oxygen atoms in total. The van der Waals surface area contributed by atoms with Gasteiger partial charge in [-0.3, -0.25) is 4.79 Å². The number of rotatable bonds is 5. The zero-order valence-electron chi connectivity index (χ0n) is 14.0. The largest absolute Gasteiger partial charge is 0.508 e. The van der Waals surface area contributed by atoms with Crippen LogP contribution in [0.5, 0.6) is 5.75 Å². The monoisotopic (exact) mass is 392 g/mol. The number of carbonyl (C=O) groups excluding carboxylic acids is 1. The van der Waals surface area contributed by atoms with Crippen molar-refractivity contribution in [1.29, 1.82) is 0 Å². The molecule has 0 bridgehead atoms. The van der Waals surface area contributed by atoms with Crippen molar-refractivity contribution in [2.75, 3.05) is 6.54 Å². The number of phenols is 1. The first kappa shape index (κ1) is 18.9. The van der Waals surface area contributed by atoms with Crippen molar-refractivity contribution in [1.82, 2.24) is 10.3 Å². The summed E-state index contributed by atoms with van der Waals surface area (Å²) in [5.41, 5.74) is 0.197. The molecule has 8 heteroatoms. The van der Waals surface area contributed by atoms with Crippen LogP contribution in [-0.2, 0) is 12.6 Å². The first-order valence-electron chi connectivity index (χ1n) is 8.04. The van der Waals surface area contributed by atoms with Crippen molar-refractivity contribution in [3.63, 3.8) is 0 Å². The Kier molecular flexibility index (Phi) is 5.46. The number of aromatic hydroxyl groups is 1. The Balaban J connectivity index is 1.76. The Hall–Kier alpha value is -2.87. The second-order valence-electron chi connectivity index (χ2n) is 5.73. The summed E-state index contributed by atoms with van der Waals surface area (Å²) in [7, 11) is 0. The molecule has 2 aromatic carbocycles. The van der Waals surface area contributed by atoms with Gasteiger partial charge in [0.25, 0.3) is 5.91 Å². The molecule has 27 heavy (non-hydrogen) atoms. The van der Waals surface area contributed by atoms with Gasteiger partial charge in [0, 0.05) is 12.1 Å². The lowest BCUT2D eigenvalue weighted by Gasteiger charge is -2.07. The third kappa shape index (κ3) is 4.65. The van der Waals surface area contributed by atoms with Crippen molar-refractivity contribution >= 4 is 17.2 Å². The molecule has 3 aromatic rings. The number of halogens is 3. The molecular formula is C19H15F3N2O2S. The molecule has 0 spiro atoms. The summed E-state index contributed by atoms with van der Waals surface area (Å²) in [5.74, 6) is -0.684. The fourth-order valence-corrected chi connectivity index (χ4v) is 3.44.